The molecule has 8 rings (SSSR count). The Morgan fingerprint density at radius 3 is 2.62 bits per heavy atom. The molecule has 2 fully saturated rings. The number of aromatic nitrogens is 2. The molecule has 2 aromatic carbocycles. The minimum Gasteiger partial charge on any atom is -0.465 e. The molecular formula is C32H21F3N4O6. The Morgan fingerprint density at radius 2 is 1.87 bits per heavy atom. The van der Waals surface area contributed by atoms with Gasteiger partial charge in [-0.3, -0.25) is 14.4 Å². The first kappa shape index (κ1) is 27.0. The molecule has 0 bridgehead atoms. The van der Waals surface area contributed by atoms with E-state index in [1.165, 1.54) is 11.0 Å². The summed E-state index contributed by atoms with van der Waals surface area (Å²) < 4.78 is 52.1. The highest BCUT2D eigenvalue weighted by Crippen LogP contribution is 2.68. The third-order valence-corrected chi connectivity index (χ3v) is 8.89. The van der Waals surface area contributed by atoms with E-state index < -0.39 is 46.4 Å². The molecule has 13 heteroatoms. The smallest absolute Gasteiger partial charge is 0.432 e. The molecule has 3 aliphatic rings. The van der Waals surface area contributed by atoms with Crippen LogP contribution in [-0.4, -0.2) is 52.1 Å². The fourth-order valence-electron chi connectivity index (χ4n) is 6.86. The van der Waals surface area contributed by atoms with Gasteiger partial charge in [-0.2, -0.15) is 13.2 Å². The van der Waals surface area contributed by atoms with Crippen molar-refractivity contribution in [1.29, 1.82) is 0 Å². The number of hydrogen-bond donors (Lipinski definition) is 3. The first-order valence-corrected chi connectivity index (χ1v) is 13.9. The number of ketones is 1. The monoisotopic (exact) mass is 614 g/mol. The number of carbonyl (C=O) groups excluding carboxylic acids is 4. The number of amides is 2. The lowest BCUT2D eigenvalue weighted by molar-refractivity contribution is -0.141. The molecule has 0 radical (unpaired) electrons. The van der Waals surface area contributed by atoms with Crippen LogP contribution in [0.2, 0.25) is 0 Å². The molecule has 2 atom stereocenters. The number of alkyl halides is 3. The maximum atomic E-state index is 13.9. The minimum atomic E-state index is -4.94. The third-order valence-electron chi connectivity index (χ3n) is 8.89. The molecule has 226 valence electrons. The predicted octanol–water partition coefficient (Wildman–Crippen LogP) is 5.79. The molecule has 1 saturated carbocycles. The molecule has 2 amide bonds. The fourth-order valence-corrected chi connectivity index (χ4v) is 6.86. The number of benzene rings is 2. The van der Waals surface area contributed by atoms with Crippen LogP contribution in [0, 0.1) is 5.92 Å². The summed E-state index contributed by atoms with van der Waals surface area (Å²) in [7, 11) is 0.974. The van der Waals surface area contributed by atoms with Crippen molar-refractivity contribution in [2.75, 3.05) is 19.0 Å². The zero-order valence-corrected chi connectivity index (χ0v) is 23.3. The topological polar surface area (TPSA) is 138 Å². The van der Waals surface area contributed by atoms with Crippen LogP contribution in [0.4, 0.5) is 18.9 Å². The first-order chi connectivity index (χ1) is 21.5. The van der Waals surface area contributed by atoms with Gasteiger partial charge in [-0.1, -0.05) is 18.2 Å². The van der Waals surface area contributed by atoms with Gasteiger partial charge in [0.05, 0.1) is 18.4 Å². The average Bonchev–Trinajstić information content (AvgIpc) is 3.48. The number of hydrogen-bond acceptors (Lipinski definition) is 6. The highest BCUT2D eigenvalue weighted by atomic mass is 19.4. The molecule has 0 unspecified atom stereocenters. The van der Waals surface area contributed by atoms with Crippen molar-refractivity contribution in [3.8, 4) is 0 Å². The van der Waals surface area contributed by atoms with E-state index in [4.69, 9.17) is 4.42 Å². The van der Waals surface area contributed by atoms with Crippen LogP contribution in [0.15, 0.2) is 70.8 Å². The lowest BCUT2D eigenvalue weighted by Crippen LogP contribution is -2.34. The van der Waals surface area contributed by atoms with Crippen LogP contribution in [0.5, 0.6) is 0 Å². The number of nitrogens with one attached hydrogen (secondary N) is 3. The summed E-state index contributed by atoms with van der Waals surface area (Å²) in [6, 6.07) is 15.5. The van der Waals surface area contributed by atoms with Crippen molar-refractivity contribution in [1.82, 2.24) is 14.9 Å². The van der Waals surface area contributed by atoms with Crippen molar-refractivity contribution in [3.05, 3.63) is 100 Å². The number of likely N-dealkylation sites (tertiary alicyclic amines) is 1. The largest absolute Gasteiger partial charge is 0.465 e. The molecule has 10 nitrogen and oxygen atoms in total. The van der Waals surface area contributed by atoms with Gasteiger partial charge in [-0.05, 0) is 48.7 Å². The highest BCUT2D eigenvalue weighted by molar-refractivity contribution is 6.12. The van der Waals surface area contributed by atoms with Crippen LogP contribution >= 0.6 is 0 Å². The molecule has 4 heterocycles. The number of anilines is 1. The van der Waals surface area contributed by atoms with E-state index in [1.54, 1.807) is 42.5 Å². The van der Waals surface area contributed by atoms with Crippen LogP contribution in [0.25, 0.3) is 21.9 Å². The minimum absolute atomic E-state index is 0.0639. The van der Waals surface area contributed by atoms with E-state index in [1.807, 2.05) is 12.1 Å². The van der Waals surface area contributed by atoms with E-state index in [2.05, 4.69) is 20.0 Å². The van der Waals surface area contributed by atoms with Gasteiger partial charge in [0.25, 0.3) is 11.8 Å². The van der Waals surface area contributed by atoms with Gasteiger partial charge in [0.2, 0.25) is 5.78 Å². The maximum Gasteiger partial charge on any atom is 0.432 e. The van der Waals surface area contributed by atoms with Crippen molar-refractivity contribution >= 4 is 51.1 Å². The number of H-pyrrole nitrogens is 2. The van der Waals surface area contributed by atoms with Gasteiger partial charge in [-0.15, -0.1) is 0 Å². The van der Waals surface area contributed by atoms with Gasteiger partial charge >= 0.3 is 12.1 Å². The standard InChI is InChI=1S/C32H21F3N4O6/c1-44-30(43)24-25-26(38-27(24)32(33,34)35)20(40)11-23-31(25)12-16(31)13-39(23)29(42)19-9-15-8-17(6-7-18(15)37-19)36-28(41)22-10-14-4-2-3-5-21(14)45-22/h2-11,16,37-38H,12-13H2,1H3,(H,36,41)/t16-,31-/m1/s1. The number of piperidine rings is 1. The number of furan rings is 1. The van der Waals surface area contributed by atoms with Gasteiger partial charge in [0, 0.05) is 51.3 Å². The summed E-state index contributed by atoms with van der Waals surface area (Å²) in [4.78, 5) is 58.9. The Bertz CT molecular complexity index is 2150. The normalized spacial score (nSPS) is 20.1. The predicted molar refractivity (Wildman–Crippen MR) is 153 cm³/mol. The molecule has 3 aromatic heterocycles. The number of allylic oxidation sites excluding steroid dienone is 2. The van der Waals surface area contributed by atoms with Gasteiger partial charge < -0.3 is 29.3 Å². The van der Waals surface area contributed by atoms with Crippen molar-refractivity contribution in [2.45, 2.75) is 18.0 Å². The average molecular weight is 615 g/mol. The van der Waals surface area contributed by atoms with Crippen molar-refractivity contribution in [3.63, 3.8) is 0 Å². The number of nitrogens with zero attached hydrogens (tertiary/aromatic N) is 1. The Morgan fingerprint density at radius 1 is 1.07 bits per heavy atom. The third kappa shape index (κ3) is 3.82. The molecular weight excluding hydrogens is 593 g/mol. The van der Waals surface area contributed by atoms with Gasteiger partial charge in [0.1, 0.15) is 17.0 Å². The summed E-state index contributed by atoms with van der Waals surface area (Å²) in [5, 5.41) is 4.19. The molecule has 1 aliphatic heterocycles. The lowest BCUT2D eigenvalue weighted by atomic mass is 9.82. The van der Waals surface area contributed by atoms with E-state index in [9.17, 15) is 32.3 Å². The molecule has 1 spiro atoms. The molecule has 5 aromatic rings. The number of esters is 1. The molecule has 45 heavy (non-hydrogen) atoms. The van der Waals surface area contributed by atoms with Crippen molar-refractivity contribution < 1.29 is 41.5 Å². The van der Waals surface area contributed by atoms with E-state index >= 15 is 0 Å². The van der Waals surface area contributed by atoms with Crippen LogP contribution in [0.1, 0.15) is 59.6 Å². The van der Waals surface area contributed by atoms with E-state index in [0.717, 1.165) is 12.5 Å². The summed E-state index contributed by atoms with van der Waals surface area (Å²) in [6.07, 6.45) is -3.38. The Labute approximate surface area is 250 Å². The zero-order chi connectivity index (χ0) is 31.4. The van der Waals surface area contributed by atoms with Gasteiger partial charge in [-0.25, -0.2) is 4.79 Å². The van der Waals surface area contributed by atoms with Crippen LogP contribution in [-0.2, 0) is 16.3 Å². The number of para-hydroxylation sites is 1. The molecule has 2 aliphatic carbocycles. The second kappa shape index (κ2) is 8.97. The van der Waals surface area contributed by atoms with Crippen molar-refractivity contribution in [2.24, 2.45) is 5.92 Å². The maximum absolute atomic E-state index is 13.9. The van der Waals surface area contributed by atoms with E-state index in [-0.39, 0.29) is 40.9 Å². The number of rotatable bonds is 4. The second-order valence-corrected chi connectivity index (χ2v) is 11.4. The Balaban J connectivity index is 1.09. The number of ether oxygens (including phenoxy) is 1. The number of fused-ring (bicyclic) bond motifs is 3. The van der Waals surface area contributed by atoms with Gasteiger partial charge in [0.15, 0.2) is 5.76 Å². The summed E-state index contributed by atoms with van der Waals surface area (Å²) in [5.41, 5.74) is -1.46. The molecule has 3 N–H and O–H groups in total. The second-order valence-electron chi connectivity index (χ2n) is 11.4. The first-order valence-electron chi connectivity index (χ1n) is 13.9. The van der Waals surface area contributed by atoms with E-state index in [0.29, 0.717) is 28.6 Å². The Kier molecular flexibility index (Phi) is 5.38. The fraction of sp³-hybridized carbons (Fsp3) is 0.188. The summed E-state index contributed by atoms with van der Waals surface area (Å²) >= 11 is 0. The number of aromatic amines is 2. The van der Waals surface area contributed by atoms with Crippen LogP contribution < -0.4 is 5.32 Å². The van der Waals surface area contributed by atoms with Crippen LogP contribution in [0.3, 0.4) is 0 Å². The highest BCUT2D eigenvalue weighted by Gasteiger charge is 2.69. The number of halogens is 3. The lowest BCUT2D eigenvalue weighted by Gasteiger charge is -2.28. The number of methoxy groups -OCH3 is 1. The zero-order valence-electron chi connectivity index (χ0n) is 23.3. The molecule has 1 saturated heterocycles. The SMILES string of the molecule is COC(=O)c1c(C(F)(F)F)[nH]c2c1[C@]13C[C@@H]1CN(C(=O)c1cc4cc(NC(=O)c5cc6ccccc6o5)ccc4[nH]1)C3=CC2=O. The summed E-state index contributed by atoms with van der Waals surface area (Å²) in [6.45, 7) is 0.151. The quantitative estimate of drug-likeness (QED) is 0.219. The Hall–Kier alpha value is -5.59. The summed E-state index contributed by atoms with van der Waals surface area (Å²) in [5.74, 6) is -3.06. The number of carbonyl (C=O) groups is 4.